The minimum atomic E-state index is 0.856. The predicted octanol–water partition coefficient (Wildman–Crippen LogP) is 3.84. The van der Waals surface area contributed by atoms with Gasteiger partial charge in [-0.05, 0) is 23.6 Å². The quantitative estimate of drug-likeness (QED) is 0.516. The Kier molecular flexibility index (Phi) is 3.25. The van der Waals surface area contributed by atoms with E-state index in [1.54, 1.807) is 0 Å². The highest BCUT2D eigenvalue weighted by Crippen LogP contribution is 2.29. The van der Waals surface area contributed by atoms with Crippen molar-refractivity contribution in [2.24, 2.45) is 0 Å². The van der Waals surface area contributed by atoms with Crippen LogP contribution in [-0.4, -0.2) is 31.1 Å². The second kappa shape index (κ2) is 5.92. The van der Waals surface area contributed by atoms with Crippen LogP contribution in [0.5, 0.6) is 0 Å². The Labute approximate surface area is 161 Å². The first-order valence-corrected chi connectivity index (χ1v) is 9.44. The molecule has 0 atom stereocenters. The second-order valence-corrected chi connectivity index (χ2v) is 7.22. The van der Waals surface area contributed by atoms with E-state index in [-0.39, 0.29) is 0 Å². The van der Waals surface area contributed by atoms with Crippen molar-refractivity contribution < 1.29 is 0 Å². The lowest BCUT2D eigenvalue weighted by Gasteiger charge is -2.30. The summed E-state index contributed by atoms with van der Waals surface area (Å²) in [4.78, 5) is 11.9. The minimum Gasteiger partial charge on any atom is -0.349 e. The van der Waals surface area contributed by atoms with Crippen molar-refractivity contribution >= 4 is 22.4 Å². The second-order valence-electron chi connectivity index (χ2n) is 7.22. The van der Waals surface area contributed by atoms with Crippen molar-refractivity contribution in [1.82, 2.24) is 24.6 Å². The van der Waals surface area contributed by atoms with Gasteiger partial charge in [-0.3, -0.25) is 5.10 Å². The summed E-state index contributed by atoms with van der Waals surface area (Å²) >= 11 is 0. The molecule has 1 N–H and O–H groups in total. The molecule has 0 amide bonds. The summed E-state index contributed by atoms with van der Waals surface area (Å²) in [6.45, 7) is 1.80. The molecule has 6 rings (SSSR count). The Morgan fingerprint density at radius 1 is 1.04 bits per heavy atom. The van der Waals surface area contributed by atoms with Gasteiger partial charge in [0.05, 0.1) is 17.4 Å². The number of rotatable bonds is 2. The van der Waals surface area contributed by atoms with Crippen LogP contribution in [-0.2, 0) is 13.0 Å². The molecule has 1 aliphatic rings. The van der Waals surface area contributed by atoms with Gasteiger partial charge in [0, 0.05) is 42.6 Å². The molecule has 5 aromatic rings. The maximum Gasteiger partial charge on any atom is 0.180 e. The van der Waals surface area contributed by atoms with Crippen molar-refractivity contribution in [3.05, 3.63) is 78.4 Å². The van der Waals surface area contributed by atoms with Crippen LogP contribution >= 0.6 is 0 Å². The Morgan fingerprint density at radius 3 is 2.93 bits per heavy atom. The van der Waals surface area contributed by atoms with Gasteiger partial charge in [0.1, 0.15) is 0 Å². The number of aromatic nitrogens is 5. The Hall–Kier alpha value is -3.67. The normalized spacial score (nSPS) is 13.9. The van der Waals surface area contributed by atoms with Gasteiger partial charge in [-0.2, -0.15) is 5.10 Å². The van der Waals surface area contributed by atoms with E-state index in [0.717, 1.165) is 53.1 Å². The molecule has 0 bridgehead atoms. The first-order chi connectivity index (χ1) is 13.8. The molecule has 6 nitrogen and oxygen atoms in total. The van der Waals surface area contributed by atoms with Crippen molar-refractivity contribution in [2.45, 2.75) is 13.0 Å². The van der Waals surface area contributed by atoms with Crippen molar-refractivity contribution in [2.75, 3.05) is 11.4 Å². The van der Waals surface area contributed by atoms with Gasteiger partial charge in [0.15, 0.2) is 11.5 Å². The lowest BCUT2D eigenvalue weighted by atomic mass is 10.00. The molecule has 28 heavy (non-hydrogen) atoms. The molecule has 4 heterocycles. The summed E-state index contributed by atoms with van der Waals surface area (Å²) in [6.07, 6.45) is 8.72. The molecule has 6 heteroatoms. The lowest BCUT2D eigenvalue weighted by Crippen LogP contribution is -2.31. The van der Waals surface area contributed by atoms with Crippen molar-refractivity contribution in [3.8, 4) is 11.3 Å². The Morgan fingerprint density at radius 2 is 1.96 bits per heavy atom. The zero-order chi connectivity index (χ0) is 18.5. The van der Waals surface area contributed by atoms with Crippen LogP contribution in [0.4, 0.5) is 5.82 Å². The van der Waals surface area contributed by atoms with Crippen LogP contribution in [0.2, 0.25) is 0 Å². The smallest absolute Gasteiger partial charge is 0.180 e. The lowest BCUT2D eigenvalue weighted by molar-refractivity contribution is 0.721. The van der Waals surface area contributed by atoms with E-state index in [0.29, 0.717) is 0 Å². The number of hydrogen-bond acceptors (Lipinski definition) is 4. The number of benzene rings is 2. The third-order valence-electron chi connectivity index (χ3n) is 5.52. The van der Waals surface area contributed by atoms with E-state index in [9.17, 15) is 0 Å². The van der Waals surface area contributed by atoms with Gasteiger partial charge in [0.2, 0.25) is 0 Å². The third kappa shape index (κ3) is 2.38. The predicted molar refractivity (Wildman–Crippen MR) is 109 cm³/mol. The van der Waals surface area contributed by atoms with Crippen LogP contribution < -0.4 is 4.90 Å². The molecule has 136 valence electrons. The topological polar surface area (TPSA) is 62.1 Å². The number of anilines is 1. The number of fused-ring (bicyclic) bond motifs is 3. The van der Waals surface area contributed by atoms with E-state index < -0.39 is 0 Å². The molecule has 2 aromatic carbocycles. The standard InChI is InChI=1S/C22H18N6/c1-2-4-18-13-27(9-7-15(18)3-1)22-21-23-8-10-28(21)14-20(25-22)16-5-6-17-12-24-26-19(17)11-16/h1-6,8,10-12,14H,7,9,13H2,(H,24,26). The summed E-state index contributed by atoms with van der Waals surface area (Å²) in [5, 5.41) is 8.26. The van der Waals surface area contributed by atoms with Crippen molar-refractivity contribution in [3.63, 3.8) is 0 Å². The van der Waals surface area contributed by atoms with Crippen LogP contribution in [0.3, 0.4) is 0 Å². The van der Waals surface area contributed by atoms with E-state index in [2.05, 4.69) is 66.9 Å². The van der Waals surface area contributed by atoms with E-state index in [1.807, 2.05) is 24.8 Å². The molecule has 0 fully saturated rings. The number of aromatic amines is 1. The van der Waals surface area contributed by atoms with Gasteiger partial charge in [-0.25, -0.2) is 9.97 Å². The molecule has 0 saturated heterocycles. The molecule has 0 radical (unpaired) electrons. The van der Waals surface area contributed by atoms with Gasteiger partial charge < -0.3 is 9.30 Å². The van der Waals surface area contributed by atoms with Crippen LogP contribution in [0.1, 0.15) is 11.1 Å². The molecular weight excluding hydrogens is 348 g/mol. The summed E-state index contributed by atoms with van der Waals surface area (Å²) in [5.41, 5.74) is 6.69. The maximum absolute atomic E-state index is 5.04. The molecule has 0 aliphatic carbocycles. The van der Waals surface area contributed by atoms with Gasteiger partial charge >= 0.3 is 0 Å². The molecule has 1 aliphatic heterocycles. The minimum absolute atomic E-state index is 0.856. The summed E-state index contributed by atoms with van der Waals surface area (Å²) < 4.78 is 2.06. The Bertz CT molecular complexity index is 1320. The van der Waals surface area contributed by atoms with Gasteiger partial charge in [0.25, 0.3) is 0 Å². The zero-order valence-corrected chi connectivity index (χ0v) is 15.2. The number of nitrogens with one attached hydrogen (secondary N) is 1. The van der Waals surface area contributed by atoms with Crippen LogP contribution in [0.15, 0.2) is 67.3 Å². The molecule has 0 saturated carbocycles. The summed E-state index contributed by atoms with van der Waals surface area (Å²) in [6, 6.07) is 14.9. The molecule has 0 unspecified atom stereocenters. The molecule has 3 aromatic heterocycles. The van der Waals surface area contributed by atoms with E-state index >= 15 is 0 Å². The average Bonchev–Trinajstić information content (AvgIpc) is 3.41. The van der Waals surface area contributed by atoms with Crippen molar-refractivity contribution in [1.29, 1.82) is 0 Å². The highest BCUT2D eigenvalue weighted by atomic mass is 15.2. The largest absolute Gasteiger partial charge is 0.349 e. The molecule has 0 spiro atoms. The molecular formula is C22H18N6. The summed E-state index contributed by atoms with van der Waals surface area (Å²) in [5.74, 6) is 0.932. The average molecular weight is 366 g/mol. The Balaban J connectivity index is 1.48. The highest BCUT2D eigenvalue weighted by Gasteiger charge is 2.21. The number of imidazole rings is 1. The summed E-state index contributed by atoms with van der Waals surface area (Å²) in [7, 11) is 0. The van der Waals surface area contributed by atoms with Crippen LogP contribution in [0, 0.1) is 0 Å². The number of nitrogens with zero attached hydrogens (tertiary/aromatic N) is 5. The third-order valence-corrected chi connectivity index (χ3v) is 5.52. The van der Waals surface area contributed by atoms with E-state index in [1.165, 1.54) is 11.1 Å². The SMILES string of the molecule is c1ccc2c(c1)CCN(c1nc(-c3ccc4cn[nH]c4c3)cn3ccnc13)C2. The van der Waals surface area contributed by atoms with Gasteiger partial charge in [-0.15, -0.1) is 0 Å². The fraction of sp³-hybridized carbons (Fsp3) is 0.136. The number of H-pyrrole nitrogens is 1. The van der Waals surface area contributed by atoms with Gasteiger partial charge in [-0.1, -0.05) is 36.4 Å². The first kappa shape index (κ1) is 15.4. The fourth-order valence-corrected chi connectivity index (χ4v) is 4.04. The fourth-order valence-electron chi connectivity index (χ4n) is 4.04. The van der Waals surface area contributed by atoms with E-state index in [4.69, 9.17) is 4.98 Å². The highest BCUT2D eigenvalue weighted by molar-refractivity contribution is 5.83. The van der Waals surface area contributed by atoms with Crippen LogP contribution in [0.25, 0.3) is 27.8 Å². The maximum atomic E-state index is 5.04. The number of hydrogen-bond donors (Lipinski definition) is 1. The first-order valence-electron chi connectivity index (χ1n) is 9.44. The zero-order valence-electron chi connectivity index (χ0n) is 15.2. The monoisotopic (exact) mass is 366 g/mol.